The first-order valence-corrected chi connectivity index (χ1v) is 12.4. The molecule has 0 aliphatic carbocycles. The van der Waals surface area contributed by atoms with Crippen LogP contribution in [0.25, 0.3) is 0 Å². The number of rotatable bonds is 20. The second-order valence-corrected chi connectivity index (χ2v) is 8.74. The zero-order chi connectivity index (χ0) is 19.5. The van der Waals surface area contributed by atoms with Crippen molar-refractivity contribution in [3.63, 3.8) is 0 Å². The van der Waals surface area contributed by atoms with E-state index >= 15 is 0 Å². The molecule has 0 rings (SSSR count). The Morgan fingerprint density at radius 1 is 0.692 bits per heavy atom. The fourth-order valence-corrected chi connectivity index (χ4v) is 3.55. The second-order valence-electron chi connectivity index (χ2n) is 7.50. The number of unbranched alkanes of at least 4 members (excludes halogenated alkanes) is 14. The first-order chi connectivity index (χ1) is 12.5. The molecular formula is C20H43O5P. The van der Waals surface area contributed by atoms with Crippen molar-refractivity contribution in [2.75, 3.05) is 6.61 Å². The van der Waals surface area contributed by atoms with Crippen LogP contribution in [-0.2, 0) is 9.09 Å². The van der Waals surface area contributed by atoms with E-state index in [1.807, 2.05) is 0 Å². The molecule has 5 nitrogen and oxygen atoms in total. The van der Waals surface area contributed by atoms with Crippen LogP contribution in [0.4, 0.5) is 0 Å². The van der Waals surface area contributed by atoms with Gasteiger partial charge in [-0.05, 0) is 12.8 Å². The van der Waals surface area contributed by atoms with Gasteiger partial charge in [-0.3, -0.25) is 4.52 Å². The van der Waals surface area contributed by atoms with E-state index < -0.39 is 13.9 Å². The average molecular weight is 395 g/mol. The Hall–Kier alpha value is 0.0700. The molecule has 0 aliphatic rings. The van der Waals surface area contributed by atoms with Gasteiger partial charge in [0.2, 0.25) is 0 Å². The summed E-state index contributed by atoms with van der Waals surface area (Å²) in [5, 5.41) is 9.72. The summed E-state index contributed by atoms with van der Waals surface area (Å²) in [7, 11) is -4.40. The van der Waals surface area contributed by atoms with E-state index in [0.29, 0.717) is 6.42 Å². The molecular weight excluding hydrogens is 351 g/mol. The first-order valence-electron chi connectivity index (χ1n) is 10.8. The van der Waals surface area contributed by atoms with Crippen LogP contribution in [0.1, 0.15) is 116 Å². The van der Waals surface area contributed by atoms with Crippen molar-refractivity contribution in [2.24, 2.45) is 0 Å². The Kier molecular flexibility index (Phi) is 18.5. The van der Waals surface area contributed by atoms with Gasteiger partial charge in [0.25, 0.3) is 0 Å². The van der Waals surface area contributed by atoms with E-state index in [4.69, 9.17) is 9.79 Å². The van der Waals surface area contributed by atoms with Crippen molar-refractivity contribution in [1.29, 1.82) is 0 Å². The fourth-order valence-electron chi connectivity index (χ4n) is 3.20. The standard InChI is InChI=1S/C20H43O5P/c1-2-3-4-5-6-7-8-9-10-11-12-13-14-15-16-17-20(21)18-19-25-26(22,23)24/h20-21H,2-19H2,1H3,(H2,22,23,24)/t20-/m1/s1. The Morgan fingerprint density at radius 3 is 1.46 bits per heavy atom. The van der Waals surface area contributed by atoms with Crippen molar-refractivity contribution in [3.8, 4) is 0 Å². The highest BCUT2D eigenvalue weighted by Gasteiger charge is 2.14. The quantitative estimate of drug-likeness (QED) is 0.171. The molecule has 0 heterocycles. The molecule has 0 saturated heterocycles. The lowest BCUT2D eigenvalue weighted by Crippen LogP contribution is -2.09. The van der Waals surface area contributed by atoms with Crippen LogP contribution in [0, 0.1) is 0 Å². The van der Waals surface area contributed by atoms with Gasteiger partial charge in [-0.25, -0.2) is 4.57 Å². The van der Waals surface area contributed by atoms with E-state index in [0.717, 1.165) is 12.8 Å². The van der Waals surface area contributed by atoms with Gasteiger partial charge in [0.15, 0.2) is 0 Å². The lowest BCUT2D eigenvalue weighted by Gasteiger charge is -2.11. The van der Waals surface area contributed by atoms with Crippen LogP contribution >= 0.6 is 7.82 Å². The predicted octanol–water partition coefficient (Wildman–Crippen LogP) is 6.11. The second kappa shape index (κ2) is 18.4. The third kappa shape index (κ3) is 22.1. The maximum Gasteiger partial charge on any atom is 0.469 e. The van der Waals surface area contributed by atoms with Crippen molar-refractivity contribution < 1.29 is 24.0 Å². The van der Waals surface area contributed by atoms with Crippen molar-refractivity contribution in [2.45, 2.75) is 122 Å². The Balaban J connectivity index is 3.16. The largest absolute Gasteiger partial charge is 0.469 e. The topological polar surface area (TPSA) is 87.0 Å². The SMILES string of the molecule is CCCCCCCCCCCCCCCCC[C@@H](O)CCOP(=O)(O)O. The number of phosphoric ester groups is 1. The Bertz CT molecular complexity index is 332. The number of hydrogen-bond donors (Lipinski definition) is 3. The summed E-state index contributed by atoms with van der Waals surface area (Å²) in [4.78, 5) is 17.1. The minimum atomic E-state index is -4.40. The van der Waals surface area contributed by atoms with Crippen LogP contribution in [0.15, 0.2) is 0 Å². The van der Waals surface area contributed by atoms with E-state index in [1.165, 1.54) is 83.5 Å². The maximum atomic E-state index is 10.5. The molecule has 0 aliphatic heterocycles. The molecule has 0 spiro atoms. The van der Waals surface area contributed by atoms with Gasteiger partial charge in [-0.15, -0.1) is 0 Å². The summed E-state index contributed by atoms with van der Waals surface area (Å²) < 4.78 is 14.8. The van der Waals surface area contributed by atoms with E-state index in [2.05, 4.69) is 11.4 Å². The molecule has 0 fully saturated rings. The zero-order valence-corrected chi connectivity index (χ0v) is 17.8. The maximum absolute atomic E-state index is 10.5. The van der Waals surface area contributed by atoms with Crippen molar-refractivity contribution in [3.05, 3.63) is 0 Å². The van der Waals surface area contributed by atoms with Crippen molar-refractivity contribution >= 4 is 7.82 Å². The van der Waals surface area contributed by atoms with Crippen LogP contribution in [-0.4, -0.2) is 27.6 Å². The van der Waals surface area contributed by atoms with Gasteiger partial charge in [0, 0.05) is 0 Å². The molecule has 26 heavy (non-hydrogen) atoms. The summed E-state index contributed by atoms with van der Waals surface area (Å²) in [5.74, 6) is 0. The number of hydrogen-bond acceptors (Lipinski definition) is 3. The summed E-state index contributed by atoms with van der Waals surface area (Å²) >= 11 is 0. The van der Waals surface area contributed by atoms with Crippen LogP contribution in [0.2, 0.25) is 0 Å². The smallest absolute Gasteiger partial charge is 0.393 e. The molecule has 0 amide bonds. The van der Waals surface area contributed by atoms with Crippen molar-refractivity contribution in [1.82, 2.24) is 0 Å². The summed E-state index contributed by atoms with van der Waals surface area (Å²) in [6.07, 6.45) is 20.2. The summed E-state index contributed by atoms with van der Waals surface area (Å²) in [5.41, 5.74) is 0. The predicted molar refractivity (Wildman–Crippen MR) is 108 cm³/mol. The normalized spacial score (nSPS) is 13.2. The summed E-state index contributed by atoms with van der Waals surface area (Å²) in [6.45, 7) is 2.17. The number of aliphatic hydroxyl groups excluding tert-OH is 1. The Morgan fingerprint density at radius 2 is 1.08 bits per heavy atom. The Labute approximate surface area is 161 Å². The van der Waals surface area contributed by atoms with Crippen LogP contribution in [0.5, 0.6) is 0 Å². The monoisotopic (exact) mass is 394 g/mol. The third-order valence-electron chi connectivity index (χ3n) is 4.85. The number of aliphatic hydroxyl groups is 1. The van der Waals surface area contributed by atoms with Gasteiger partial charge >= 0.3 is 7.82 Å². The van der Waals surface area contributed by atoms with Gasteiger partial charge in [-0.2, -0.15) is 0 Å². The molecule has 0 aromatic heterocycles. The molecule has 0 aromatic carbocycles. The minimum Gasteiger partial charge on any atom is -0.393 e. The van der Waals surface area contributed by atoms with Crippen LogP contribution < -0.4 is 0 Å². The van der Waals surface area contributed by atoms with Crippen LogP contribution in [0.3, 0.4) is 0 Å². The molecule has 0 unspecified atom stereocenters. The minimum absolute atomic E-state index is 0.0931. The molecule has 0 saturated carbocycles. The fraction of sp³-hybridized carbons (Fsp3) is 1.00. The lowest BCUT2D eigenvalue weighted by molar-refractivity contribution is 0.114. The molecule has 158 valence electrons. The van der Waals surface area contributed by atoms with E-state index in [-0.39, 0.29) is 13.0 Å². The highest BCUT2D eigenvalue weighted by molar-refractivity contribution is 7.46. The lowest BCUT2D eigenvalue weighted by atomic mass is 10.0. The average Bonchev–Trinajstić information content (AvgIpc) is 2.57. The highest BCUT2D eigenvalue weighted by atomic mass is 31.2. The zero-order valence-electron chi connectivity index (χ0n) is 16.9. The van der Waals surface area contributed by atoms with E-state index in [1.54, 1.807) is 0 Å². The molecule has 3 N–H and O–H groups in total. The summed E-state index contributed by atoms with van der Waals surface area (Å²) in [6, 6.07) is 0. The first kappa shape index (κ1) is 26.1. The van der Waals surface area contributed by atoms with Gasteiger partial charge in [0.05, 0.1) is 12.7 Å². The molecule has 0 bridgehead atoms. The van der Waals surface area contributed by atoms with E-state index in [9.17, 15) is 9.67 Å². The highest BCUT2D eigenvalue weighted by Crippen LogP contribution is 2.35. The third-order valence-corrected chi connectivity index (χ3v) is 5.37. The van der Waals surface area contributed by atoms with Gasteiger partial charge < -0.3 is 14.9 Å². The molecule has 1 atom stereocenters. The molecule has 0 aromatic rings. The molecule has 6 heteroatoms. The number of phosphoric acid groups is 1. The molecule has 0 radical (unpaired) electrons. The van der Waals surface area contributed by atoms with Gasteiger partial charge in [0.1, 0.15) is 0 Å². The van der Waals surface area contributed by atoms with Gasteiger partial charge in [-0.1, -0.05) is 103 Å².